The lowest BCUT2D eigenvalue weighted by Gasteiger charge is -2.16. The molecule has 2 heterocycles. The monoisotopic (exact) mass is 413 g/mol. The second kappa shape index (κ2) is 12.5. The molecule has 0 fully saturated rings. The molecule has 0 atom stereocenters. The summed E-state index contributed by atoms with van der Waals surface area (Å²) in [5, 5.41) is 4.17. The zero-order chi connectivity index (χ0) is 21.0. The summed E-state index contributed by atoms with van der Waals surface area (Å²) in [7, 11) is 1.67. The zero-order valence-electron chi connectivity index (χ0n) is 17.8. The third kappa shape index (κ3) is 9.29. The third-order valence-corrected chi connectivity index (χ3v) is 5.01. The number of furan rings is 1. The number of nitrogens with zero attached hydrogens (tertiary/aromatic N) is 1. The van der Waals surface area contributed by atoms with Gasteiger partial charge in [-0.05, 0) is 61.0 Å². The van der Waals surface area contributed by atoms with Crippen LogP contribution in [0, 0.1) is 11.8 Å². The molecule has 0 aliphatic carbocycles. The lowest BCUT2D eigenvalue weighted by molar-refractivity contribution is 0.0742. The Kier molecular flexibility index (Phi) is 9.96. The van der Waals surface area contributed by atoms with E-state index < -0.39 is 5.60 Å². The maximum atomic E-state index is 5.90. The van der Waals surface area contributed by atoms with E-state index in [0.717, 1.165) is 31.2 Å². The fourth-order valence-electron chi connectivity index (χ4n) is 2.42. The fourth-order valence-corrected chi connectivity index (χ4v) is 3.05. The van der Waals surface area contributed by atoms with Crippen LogP contribution in [0.25, 0.3) is 6.08 Å². The average Bonchev–Trinajstić information content (AvgIpc) is 3.38. The molecule has 0 bridgehead atoms. The topological polar surface area (TPSA) is 34.8 Å². The largest absolute Gasteiger partial charge is 0.462 e. The lowest BCUT2D eigenvalue weighted by atomic mass is 10.1. The van der Waals surface area contributed by atoms with Crippen LogP contribution < -0.4 is 0 Å². The predicted molar refractivity (Wildman–Crippen MR) is 121 cm³/mol. The van der Waals surface area contributed by atoms with Gasteiger partial charge < -0.3 is 13.9 Å². The van der Waals surface area contributed by atoms with E-state index in [2.05, 4.69) is 52.6 Å². The second-order valence-electron chi connectivity index (χ2n) is 7.06. The van der Waals surface area contributed by atoms with Gasteiger partial charge in [-0.15, -0.1) is 0 Å². The number of hydrogen-bond acceptors (Lipinski definition) is 5. The summed E-state index contributed by atoms with van der Waals surface area (Å²) in [5.41, 5.74) is 0.794. The maximum absolute atomic E-state index is 5.90. The highest BCUT2D eigenvalue weighted by molar-refractivity contribution is 7.08. The van der Waals surface area contributed by atoms with Crippen LogP contribution in [0.1, 0.15) is 37.9 Å². The standard InChI is InChI=1S/C24H31NO3S/c1-5-25(15-8-6-7-14-24(2,3)26-4)18-22-11-12-23(28-22)19-27-16-9-10-21-13-17-29-20-21/h6,8-13,17,20H,5,15-16,18-19H2,1-4H3. The first kappa shape index (κ1) is 23.2. The minimum absolute atomic E-state index is 0.416. The highest BCUT2D eigenvalue weighted by atomic mass is 32.1. The van der Waals surface area contributed by atoms with E-state index in [0.29, 0.717) is 13.2 Å². The number of thiophene rings is 1. The number of methoxy groups -OCH3 is 1. The molecule has 0 unspecified atom stereocenters. The molecule has 2 aromatic rings. The van der Waals surface area contributed by atoms with Crippen LogP contribution in [0.3, 0.4) is 0 Å². The van der Waals surface area contributed by atoms with Crippen molar-refractivity contribution in [2.45, 2.75) is 39.5 Å². The predicted octanol–water partition coefficient (Wildman–Crippen LogP) is 5.38. The van der Waals surface area contributed by atoms with Crippen LogP contribution in [-0.2, 0) is 22.6 Å². The van der Waals surface area contributed by atoms with Crippen molar-refractivity contribution in [2.24, 2.45) is 0 Å². The Bertz CT molecular complexity index is 822. The van der Waals surface area contributed by atoms with Crippen LogP contribution in [0.15, 0.2) is 51.6 Å². The van der Waals surface area contributed by atoms with Crippen LogP contribution in [0.2, 0.25) is 0 Å². The van der Waals surface area contributed by atoms with E-state index in [1.807, 2.05) is 38.1 Å². The zero-order valence-corrected chi connectivity index (χ0v) is 18.6. The number of allylic oxidation sites excluding steroid dienone is 1. The highest BCUT2D eigenvalue weighted by Crippen LogP contribution is 2.12. The summed E-state index contributed by atoms with van der Waals surface area (Å²) in [4.78, 5) is 2.28. The van der Waals surface area contributed by atoms with Gasteiger partial charge in [0.25, 0.3) is 0 Å². The molecule has 0 aromatic carbocycles. The van der Waals surface area contributed by atoms with Crippen molar-refractivity contribution >= 4 is 17.4 Å². The molecular weight excluding hydrogens is 382 g/mol. The smallest absolute Gasteiger partial charge is 0.129 e. The molecule has 0 aliphatic rings. The van der Waals surface area contributed by atoms with Crippen LogP contribution >= 0.6 is 11.3 Å². The average molecular weight is 414 g/mol. The van der Waals surface area contributed by atoms with E-state index >= 15 is 0 Å². The van der Waals surface area contributed by atoms with E-state index in [-0.39, 0.29) is 0 Å². The normalized spacial score (nSPS) is 12.2. The summed E-state index contributed by atoms with van der Waals surface area (Å²) < 4.78 is 16.8. The van der Waals surface area contributed by atoms with Crippen LogP contribution in [0.5, 0.6) is 0 Å². The van der Waals surface area contributed by atoms with Crippen molar-refractivity contribution in [3.8, 4) is 11.8 Å². The minimum atomic E-state index is -0.416. The molecule has 0 aliphatic heterocycles. The number of hydrogen-bond donors (Lipinski definition) is 0. The molecule has 0 spiro atoms. The van der Waals surface area contributed by atoms with Crippen molar-refractivity contribution in [1.82, 2.24) is 4.90 Å². The second-order valence-corrected chi connectivity index (χ2v) is 7.84. The Labute approximate surface area is 178 Å². The quantitative estimate of drug-likeness (QED) is 0.366. The van der Waals surface area contributed by atoms with Gasteiger partial charge in [0.05, 0.1) is 13.2 Å². The maximum Gasteiger partial charge on any atom is 0.129 e. The molecule has 0 saturated carbocycles. The molecule has 0 amide bonds. The first-order chi connectivity index (χ1) is 14.0. The highest BCUT2D eigenvalue weighted by Gasteiger charge is 2.10. The summed E-state index contributed by atoms with van der Waals surface area (Å²) >= 11 is 1.69. The Morgan fingerprint density at radius 1 is 1.21 bits per heavy atom. The van der Waals surface area contributed by atoms with Crippen molar-refractivity contribution in [3.63, 3.8) is 0 Å². The van der Waals surface area contributed by atoms with Gasteiger partial charge in [-0.1, -0.05) is 37.0 Å². The number of rotatable bonds is 11. The van der Waals surface area contributed by atoms with Gasteiger partial charge in [0, 0.05) is 13.7 Å². The van der Waals surface area contributed by atoms with E-state index in [4.69, 9.17) is 13.9 Å². The summed E-state index contributed by atoms with van der Waals surface area (Å²) in [6, 6.07) is 6.09. The summed E-state index contributed by atoms with van der Waals surface area (Å²) in [5.74, 6) is 7.91. The fraction of sp³-hybridized carbons (Fsp3) is 0.417. The Hall–Kier alpha value is -2.10. The molecule has 5 heteroatoms. The van der Waals surface area contributed by atoms with Crippen LogP contribution in [-0.4, -0.2) is 37.3 Å². The molecular formula is C24H31NO3S. The van der Waals surface area contributed by atoms with Gasteiger partial charge in [-0.3, -0.25) is 4.90 Å². The van der Waals surface area contributed by atoms with Crippen molar-refractivity contribution in [3.05, 3.63) is 64.3 Å². The number of ether oxygens (including phenoxy) is 2. The molecule has 2 rings (SSSR count). The SMILES string of the molecule is CCN(CC=CC#CC(C)(C)OC)Cc1ccc(COCC=Cc2ccsc2)o1. The Morgan fingerprint density at radius 2 is 2.03 bits per heavy atom. The minimum Gasteiger partial charge on any atom is -0.462 e. The summed E-state index contributed by atoms with van der Waals surface area (Å²) in [6.45, 7) is 9.59. The molecule has 156 valence electrons. The molecule has 0 saturated heterocycles. The van der Waals surface area contributed by atoms with Crippen molar-refractivity contribution in [2.75, 3.05) is 26.8 Å². The van der Waals surface area contributed by atoms with Crippen molar-refractivity contribution in [1.29, 1.82) is 0 Å². The van der Waals surface area contributed by atoms with E-state index in [1.54, 1.807) is 18.4 Å². The third-order valence-electron chi connectivity index (χ3n) is 4.30. The van der Waals surface area contributed by atoms with Gasteiger partial charge in [-0.2, -0.15) is 11.3 Å². The van der Waals surface area contributed by atoms with E-state index in [1.165, 1.54) is 5.56 Å². The first-order valence-corrected chi connectivity index (χ1v) is 10.8. The van der Waals surface area contributed by atoms with Gasteiger partial charge in [0.15, 0.2) is 0 Å². The van der Waals surface area contributed by atoms with Gasteiger partial charge in [-0.25, -0.2) is 0 Å². The summed E-state index contributed by atoms with van der Waals surface area (Å²) in [6.07, 6.45) is 8.04. The van der Waals surface area contributed by atoms with E-state index in [9.17, 15) is 0 Å². The first-order valence-electron chi connectivity index (χ1n) is 9.81. The van der Waals surface area contributed by atoms with Gasteiger partial charge in [0.2, 0.25) is 0 Å². The Balaban J connectivity index is 1.72. The van der Waals surface area contributed by atoms with Gasteiger partial charge >= 0.3 is 0 Å². The number of likely N-dealkylation sites (N-methyl/N-ethyl adjacent to an activating group) is 1. The molecule has 0 radical (unpaired) electrons. The molecule has 0 N–H and O–H groups in total. The molecule has 4 nitrogen and oxygen atoms in total. The lowest BCUT2D eigenvalue weighted by Crippen LogP contribution is -2.22. The van der Waals surface area contributed by atoms with Crippen molar-refractivity contribution < 1.29 is 13.9 Å². The molecule has 2 aromatic heterocycles. The molecule has 29 heavy (non-hydrogen) atoms. The van der Waals surface area contributed by atoms with Gasteiger partial charge in [0.1, 0.15) is 23.7 Å². The Morgan fingerprint density at radius 3 is 2.76 bits per heavy atom. The van der Waals surface area contributed by atoms with Crippen LogP contribution in [0.4, 0.5) is 0 Å².